The molecule has 25 heavy (non-hydrogen) atoms. The molecule has 8 heteroatoms. The average Bonchev–Trinajstić information content (AvgIpc) is 2.54. The second kappa shape index (κ2) is 7.25. The van der Waals surface area contributed by atoms with Crippen LogP contribution < -0.4 is 5.32 Å². The molecule has 2 N–H and O–H groups in total. The van der Waals surface area contributed by atoms with E-state index < -0.39 is 29.7 Å². The molecule has 0 heterocycles. The number of benzene rings is 2. The van der Waals surface area contributed by atoms with Crippen LogP contribution in [0.15, 0.2) is 48.5 Å². The van der Waals surface area contributed by atoms with E-state index in [4.69, 9.17) is 4.74 Å². The summed E-state index contributed by atoms with van der Waals surface area (Å²) in [4.78, 5) is 23.8. The van der Waals surface area contributed by atoms with Gasteiger partial charge in [-0.1, -0.05) is 6.07 Å². The maximum absolute atomic E-state index is 12.5. The Morgan fingerprint density at radius 1 is 1.12 bits per heavy atom. The number of nitrogens with one attached hydrogen (secondary N) is 1. The highest BCUT2D eigenvalue weighted by atomic mass is 19.4. The molecule has 1 amide bonds. The SMILES string of the molecule is CC(OC(=O)c1cccc(O)c1)C(=O)Nc1ccc(C(F)(F)F)cc1. The number of rotatable bonds is 4. The number of aromatic hydroxyl groups is 1. The summed E-state index contributed by atoms with van der Waals surface area (Å²) in [6, 6.07) is 9.27. The van der Waals surface area contributed by atoms with Crippen molar-refractivity contribution in [2.24, 2.45) is 0 Å². The standard InChI is InChI=1S/C17H14F3NO4/c1-10(25-16(24)11-3-2-4-14(22)9-11)15(23)21-13-7-5-12(6-8-13)17(18,19)20/h2-10,22H,1H3,(H,21,23). The van der Waals surface area contributed by atoms with E-state index in [-0.39, 0.29) is 17.0 Å². The summed E-state index contributed by atoms with van der Waals surface area (Å²) in [5.74, 6) is -1.64. The molecule has 5 nitrogen and oxygen atoms in total. The lowest BCUT2D eigenvalue weighted by atomic mass is 10.2. The summed E-state index contributed by atoms with van der Waals surface area (Å²) in [6.07, 6.45) is -5.65. The highest BCUT2D eigenvalue weighted by Crippen LogP contribution is 2.29. The van der Waals surface area contributed by atoms with E-state index in [1.165, 1.54) is 31.2 Å². The van der Waals surface area contributed by atoms with Crippen LogP contribution in [-0.2, 0) is 15.7 Å². The molecule has 1 unspecified atom stereocenters. The highest BCUT2D eigenvalue weighted by molar-refractivity contribution is 5.97. The Balaban J connectivity index is 1.97. The lowest BCUT2D eigenvalue weighted by Crippen LogP contribution is -2.30. The Hall–Kier alpha value is -3.03. The van der Waals surface area contributed by atoms with Gasteiger partial charge in [0.1, 0.15) is 5.75 Å². The summed E-state index contributed by atoms with van der Waals surface area (Å²) < 4.78 is 42.4. The smallest absolute Gasteiger partial charge is 0.416 e. The van der Waals surface area contributed by atoms with Crippen LogP contribution in [0.2, 0.25) is 0 Å². The molecule has 2 aromatic rings. The zero-order chi connectivity index (χ0) is 18.6. The van der Waals surface area contributed by atoms with Crippen LogP contribution in [-0.4, -0.2) is 23.1 Å². The zero-order valence-electron chi connectivity index (χ0n) is 13.0. The van der Waals surface area contributed by atoms with E-state index in [1.807, 2.05) is 0 Å². The van der Waals surface area contributed by atoms with E-state index >= 15 is 0 Å². The Bertz CT molecular complexity index is 772. The minimum absolute atomic E-state index is 0.0641. The highest BCUT2D eigenvalue weighted by Gasteiger charge is 2.30. The van der Waals surface area contributed by atoms with Crippen LogP contribution in [0.4, 0.5) is 18.9 Å². The largest absolute Gasteiger partial charge is 0.508 e. The molecule has 0 bridgehead atoms. The number of amides is 1. The number of alkyl halides is 3. The Morgan fingerprint density at radius 2 is 1.76 bits per heavy atom. The molecule has 0 spiro atoms. The number of hydrogen-bond acceptors (Lipinski definition) is 4. The number of phenolic OH excluding ortho intramolecular Hbond substituents is 1. The van der Waals surface area contributed by atoms with Crippen molar-refractivity contribution in [2.75, 3.05) is 5.32 Å². The molecule has 0 saturated carbocycles. The van der Waals surface area contributed by atoms with Crippen LogP contribution in [0.5, 0.6) is 5.75 Å². The number of anilines is 1. The van der Waals surface area contributed by atoms with E-state index in [1.54, 1.807) is 0 Å². The molecule has 0 saturated heterocycles. The van der Waals surface area contributed by atoms with E-state index in [0.717, 1.165) is 24.3 Å². The number of halogens is 3. The summed E-state index contributed by atoms with van der Waals surface area (Å²) >= 11 is 0. The minimum Gasteiger partial charge on any atom is -0.508 e. The number of ether oxygens (including phenoxy) is 1. The van der Waals surface area contributed by atoms with E-state index in [0.29, 0.717) is 0 Å². The van der Waals surface area contributed by atoms with Gasteiger partial charge in [-0.25, -0.2) is 4.79 Å². The molecule has 0 aliphatic rings. The summed E-state index contributed by atoms with van der Waals surface area (Å²) in [6.45, 7) is 1.32. The van der Waals surface area contributed by atoms with Crippen molar-refractivity contribution < 1.29 is 32.6 Å². The predicted molar refractivity (Wildman–Crippen MR) is 83.1 cm³/mol. The van der Waals surface area contributed by atoms with E-state index in [2.05, 4.69) is 5.32 Å². The topological polar surface area (TPSA) is 75.6 Å². The fraction of sp³-hybridized carbons (Fsp3) is 0.176. The third-order valence-corrected chi connectivity index (χ3v) is 3.21. The van der Waals surface area contributed by atoms with Crippen LogP contribution in [0.1, 0.15) is 22.8 Å². The van der Waals surface area contributed by atoms with Gasteiger partial charge in [-0.05, 0) is 49.4 Å². The van der Waals surface area contributed by atoms with Gasteiger partial charge in [0, 0.05) is 5.69 Å². The van der Waals surface area contributed by atoms with Crippen LogP contribution in [0, 0.1) is 0 Å². The maximum atomic E-state index is 12.5. The number of carbonyl (C=O) groups excluding carboxylic acids is 2. The van der Waals surface area contributed by atoms with Crippen molar-refractivity contribution in [2.45, 2.75) is 19.2 Å². The first-order valence-electron chi connectivity index (χ1n) is 7.15. The lowest BCUT2D eigenvalue weighted by Gasteiger charge is -2.14. The lowest BCUT2D eigenvalue weighted by molar-refractivity contribution is -0.137. The summed E-state index contributed by atoms with van der Waals surface area (Å²) in [5, 5.41) is 11.7. The summed E-state index contributed by atoms with van der Waals surface area (Å²) in [5.41, 5.74) is -0.638. The summed E-state index contributed by atoms with van der Waals surface area (Å²) in [7, 11) is 0. The van der Waals surface area contributed by atoms with Gasteiger partial charge in [-0.15, -0.1) is 0 Å². The van der Waals surface area contributed by atoms with Crippen molar-refractivity contribution in [3.05, 3.63) is 59.7 Å². The molecular weight excluding hydrogens is 339 g/mol. The van der Waals surface area contributed by atoms with Crippen molar-refractivity contribution in [1.29, 1.82) is 0 Å². The third kappa shape index (κ3) is 4.97. The van der Waals surface area contributed by atoms with Crippen LogP contribution in [0.3, 0.4) is 0 Å². The minimum atomic E-state index is -4.47. The molecule has 0 aromatic heterocycles. The molecule has 0 aliphatic heterocycles. The monoisotopic (exact) mass is 353 g/mol. The van der Waals surface area contributed by atoms with Gasteiger partial charge in [-0.2, -0.15) is 13.2 Å². The van der Waals surface area contributed by atoms with Crippen LogP contribution in [0.25, 0.3) is 0 Å². The van der Waals surface area contributed by atoms with Gasteiger partial charge >= 0.3 is 12.1 Å². The fourth-order valence-corrected chi connectivity index (χ4v) is 1.90. The van der Waals surface area contributed by atoms with Crippen molar-refractivity contribution in [3.8, 4) is 5.75 Å². The molecular formula is C17H14F3NO4. The van der Waals surface area contributed by atoms with Crippen LogP contribution >= 0.6 is 0 Å². The Morgan fingerprint density at radius 3 is 2.32 bits per heavy atom. The molecule has 0 radical (unpaired) electrons. The molecule has 0 aliphatic carbocycles. The van der Waals surface area contributed by atoms with Crippen molar-refractivity contribution in [1.82, 2.24) is 0 Å². The number of hydrogen-bond donors (Lipinski definition) is 2. The number of phenols is 1. The second-order valence-electron chi connectivity index (χ2n) is 5.16. The maximum Gasteiger partial charge on any atom is 0.416 e. The molecule has 2 aromatic carbocycles. The average molecular weight is 353 g/mol. The number of esters is 1. The van der Waals surface area contributed by atoms with Gasteiger partial charge in [0.05, 0.1) is 11.1 Å². The molecule has 0 fully saturated rings. The van der Waals surface area contributed by atoms with Crippen molar-refractivity contribution in [3.63, 3.8) is 0 Å². The Labute approximate surface area is 141 Å². The first-order valence-corrected chi connectivity index (χ1v) is 7.15. The van der Waals surface area contributed by atoms with E-state index in [9.17, 15) is 27.9 Å². The van der Waals surface area contributed by atoms with Gasteiger partial charge in [0.25, 0.3) is 5.91 Å². The zero-order valence-corrected chi connectivity index (χ0v) is 13.0. The van der Waals surface area contributed by atoms with Gasteiger partial charge in [0.15, 0.2) is 6.10 Å². The van der Waals surface area contributed by atoms with Gasteiger partial charge in [-0.3, -0.25) is 4.79 Å². The van der Waals surface area contributed by atoms with Gasteiger partial charge < -0.3 is 15.2 Å². The first-order chi connectivity index (χ1) is 11.7. The Kier molecular flexibility index (Phi) is 5.31. The number of carbonyl (C=O) groups is 2. The first kappa shape index (κ1) is 18.3. The normalized spacial score (nSPS) is 12.3. The quantitative estimate of drug-likeness (QED) is 0.824. The molecule has 132 valence electrons. The van der Waals surface area contributed by atoms with Gasteiger partial charge in [0.2, 0.25) is 0 Å². The fourth-order valence-electron chi connectivity index (χ4n) is 1.90. The third-order valence-electron chi connectivity index (χ3n) is 3.21. The second-order valence-corrected chi connectivity index (χ2v) is 5.16. The predicted octanol–water partition coefficient (Wildman–Crippen LogP) is 3.60. The molecule has 1 atom stereocenters. The molecule has 2 rings (SSSR count). The van der Waals surface area contributed by atoms with Crippen molar-refractivity contribution >= 4 is 17.6 Å².